The van der Waals surface area contributed by atoms with Gasteiger partial charge >= 0.3 is 0 Å². The van der Waals surface area contributed by atoms with E-state index in [1.807, 2.05) is 6.92 Å². The lowest BCUT2D eigenvalue weighted by atomic mass is 10.2. The molecule has 21 heavy (non-hydrogen) atoms. The lowest BCUT2D eigenvalue weighted by Gasteiger charge is -2.29. The minimum atomic E-state index is -3.35. The van der Waals surface area contributed by atoms with E-state index in [1.165, 1.54) is 0 Å². The average Bonchev–Trinajstić information content (AvgIpc) is 2.41. The van der Waals surface area contributed by atoms with Crippen molar-refractivity contribution in [3.63, 3.8) is 0 Å². The van der Waals surface area contributed by atoms with Crippen LogP contribution in [0.1, 0.15) is 12.5 Å². The van der Waals surface area contributed by atoms with Crippen molar-refractivity contribution in [2.45, 2.75) is 18.7 Å². The lowest BCUT2D eigenvalue weighted by molar-refractivity contribution is 0.0354. The molecule has 1 atom stereocenters. The van der Waals surface area contributed by atoms with Gasteiger partial charge in [0.15, 0.2) is 0 Å². The van der Waals surface area contributed by atoms with Crippen LogP contribution in [0.4, 0.5) is 5.69 Å². The molecule has 3 N–H and O–H groups in total. The van der Waals surface area contributed by atoms with Crippen molar-refractivity contribution in [1.29, 1.82) is 0 Å². The quantitative estimate of drug-likeness (QED) is 0.743. The zero-order valence-corrected chi connectivity index (χ0v) is 13.1. The Hall–Kier alpha value is -1.15. The average molecular weight is 313 g/mol. The summed E-state index contributed by atoms with van der Waals surface area (Å²) in [7, 11) is -3.35. The Balaban J connectivity index is 1.86. The molecule has 1 aromatic carbocycles. The molecule has 0 aliphatic carbocycles. The number of hydrogen-bond donors (Lipinski definition) is 2. The van der Waals surface area contributed by atoms with Crippen LogP contribution in [0.5, 0.6) is 0 Å². The summed E-state index contributed by atoms with van der Waals surface area (Å²) in [6, 6.07) is 6.77. The van der Waals surface area contributed by atoms with Crippen molar-refractivity contribution in [1.82, 2.24) is 9.62 Å². The first-order valence-electron chi connectivity index (χ1n) is 7.09. The van der Waals surface area contributed by atoms with Crippen LogP contribution in [-0.2, 0) is 20.5 Å². The third kappa shape index (κ3) is 5.62. The molecule has 6 nitrogen and oxygen atoms in total. The Labute approximate surface area is 126 Å². The minimum Gasteiger partial charge on any atom is -0.399 e. The Morgan fingerprint density at radius 2 is 1.90 bits per heavy atom. The van der Waals surface area contributed by atoms with Crippen LogP contribution < -0.4 is 10.5 Å². The molecule has 1 aromatic rings. The maximum atomic E-state index is 12.2. The Morgan fingerprint density at radius 1 is 1.29 bits per heavy atom. The molecule has 1 fully saturated rings. The summed E-state index contributed by atoms with van der Waals surface area (Å²) in [5.74, 6) is -0.0271. The molecule has 0 aromatic heterocycles. The third-order valence-corrected chi connectivity index (χ3v) is 4.83. The fourth-order valence-electron chi connectivity index (χ4n) is 2.39. The number of anilines is 1. The number of nitrogen functional groups attached to an aromatic ring is 1. The molecular formula is C14H23N3O3S. The number of morpholine rings is 1. The van der Waals surface area contributed by atoms with E-state index in [0.717, 1.165) is 18.7 Å². The largest absolute Gasteiger partial charge is 0.399 e. The summed E-state index contributed by atoms with van der Waals surface area (Å²) in [6.45, 7) is 5.71. The molecule has 0 bridgehead atoms. The number of nitrogens with two attached hydrogens (primary N) is 1. The second-order valence-corrected chi connectivity index (χ2v) is 7.19. The maximum Gasteiger partial charge on any atom is 0.216 e. The van der Waals surface area contributed by atoms with Crippen molar-refractivity contribution >= 4 is 15.7 Å². The molecule has 118 valence electrons. The number of hydrogen-bond acceptors (Lipinski definition) is 5. The van der Waals surface area contributed by atoms with Crippen molar-refractivity contribution in [2.24, 2.45) is 0 Å². The van der Waals surface area contributed by atoms with Crippen LogP contribution in [0.15, 0.2) is 24.3 Å². The van der Waals surface area contributed by atoms with Gasteiger partial charge < -0.3 is 10.5 Å². The summed E-state index contributed by atoms with van der Waals surface area (Å²) in [5.41, 5.74) is 6.96. The predicted molar refractivity (Wildman–Crippen MR) is 83.3 cm³/mol. The van der Waals surface area contributed by atoms with Gasteiger partial charge in [0.2, 0.25) is 10.0 Å². The van der Waals surface area contributed by atoms with Crippen LogP contribution in [0.25, 0.3) is 0 Å². The van der Waals surface area contributed by atoms with Gasteiger partial charge in [-0.3, -0.25) is 4.90 Å². The highest BCUT2D eigenvalue weighted by molar-refractivity contribution is 7.88. The van der Waals surface area contributed by atoms with Crippen LogP contribution in [0.2, 0.25) is 0 Å². The van der Waals surface area contributed by atoms with Crippen LogP contribution in [0.3, 0.4) is 0 Å². The third-order valence-electron chi connectivity index (χ3n) is 3.35. The summed E-state index contributed by atoms with van der Waals surface area (Å²) < 4.78 is 32.3. The van der Waals surface area contributed by atoms with Crippen molar-refractivity contribution in [2.75, 3.05) is 38.6 Å². The van der Waals surface area contributed by atoms with E-state index < -0.39 is 10.0 Å². The molecule has 1 aliphatic rings. The van der Waals surface area contributed by atoms with E-state index in [2.05, 4.69) is 9.62 Å². The topological polar surface area (TPSA) is 84.7 Å². The zero-order chi connectivity index (χ0) is 15.3. The van der Waals surface area contributed by atoms with E-state index in [4.69, 9.17) is 10.5 Å². The second kappa shape index (κ2) is 7.22. The number of ether oxygens (including phenoxy) is 1. The highest BCUT2D eigenvalue weighted by Gasteiger charge is 2.19. The lowest BCUT2D eigenvalue weighted by Crippen LogP contribution is -2.46. The highest BCUT2D eigenvalue weighted by atomic mass is 32.2. The SMILES string of the molecule is CC(CN1CCOCC1)NS(=O)(=O)Cc1ccc(N)cc1. The zero-order valence-electron chi connectivity index (χ0n) is 12.3. The first-order chi connectivity index (χ1) is 9.94. The number of rotatable bonds is 6. The minimum absolute atomic E-state index is 0.0271. The fourth-order valence-corrected chi connectivity index (χ4v) is 3.79. The first kappa shape index (κ1) is 16.2. The van der Waals surface area contributed by atoms with Gasteiger partial charge in [0.1, 0.15) is 0 Å². The van der Waals surface area contributed by atoms with Gasteiger partial charge in [-0.05, 0) is 24.6 Å². The second-order valence-electron chi connectivity index (χ2n) is 5.43. The van der Waals surface area contributed by atoms with E-state index in [1.54, 1.807) is 24.3 Å². The van der Waals surface area contributed by atoms with Crippen LogP contribution in [-0.4, -0.2) is 52.2 Å². The number of sulfonamides is 1. The van der Waals surface area contributed by atoms with Gasteiger partial charge in [-0.15, -0.1) is 0 Å². The molecule has 7 heteroatoms. The number of benzene rings is 1. The van der Waals surface area contributed by atoms with Crippen molar-refractivity contribution in [3.8, 4) is 0 Å². The van der Waals surface area contributed by atoms with E-state index >= 15 is 0 Å². The van der Waals surface area contributed by atoms with Crippen molar-refractivity contribution in [3.05, 3.63) is 29.8 Å². The van der Waals surface area contributed by atoms with Crippen molar-refractivity contribution < 1.29 is 13.2 Å². The normalized spacial score (nSPS) is 18.5. The Bertz CT molecular complexity index is 539. The van der Waals surface area contributed by atoms with E-state index in [0.29, 0.717) is 25.4 Å². The first-order valence-corrected chi connectivity index (χ1v) is 8.74. The van der Waals surface area contributed by atoms with E-state index in [-0.39, 0.29) is 11.8 Å². The van der Waals surface area contributed by atoms with Gasteiger partial charge in [-0.2, -0.15) is 0 Å². The standard InChI is InChI=1S/C14H23N3O3S/c1-12(10-17-6-8-20-9-7-17)16-21(18,19)11-13-2-4-14(15)5-3-13/h2-5,12,16H,6-11,15H2,1H3. The molecule has 0 amide bonds. The molecule has 0 radical (unpaired) electrons. The van der Waals surface area contributed by atoms with Crippen LogP contribution in [0, 0.1) is 0 Å². The number of nitrogens with zero attached hydrogens (tertiary/aromatic N) is 1. The summed E-state index contributed by atoms with van der Waals surface area (Å²) in [4.78, 5) is 2.21. The molecule has 0 saturated carbocycles. The monoisotopic (exact) mass is 313 g/mol. The fraction of sp³-hybridized carbons (Fsp3) is 0.571. The molecule has 2 rings (SSSR count). The van der Waals surface area contributed by atoms with Crippen LogP contribution >= 0.6 is 0 Å². The van der Waals surface area contributed by atoms with Gasteiger partial charge in [0.05, 0.1) is 19.0 Å². The molecule has 1 heterocycles. The van der Waals surface area contributed by atoms with Gasteiger partial charge in [0, 0.05) is 31.4 Å². The molecule has 1 aliphatic heterocycles. The molecular weight excluding hydrogens is 290 g/mol. The summed E-state index contributed by atoms with van der Waals surface area (Å²) in [5, 5.41) is 0. The predicted octanol–water partition coefficient (Wildman–Crippen LogP) is 0.409. The molecule has 0 spiro atoms. The van der Waals surface area contributed by atoms with Gasteiger partial charge in [-0.25, -0.2) is 13.1 Å². The summed E-state index contributed by atoms with van der Waals surface area (Å²) in [6.07, 6.45) is 0. The Morgan fingerprint density at radius 3 is 2.52 bits per heavy atom. The maximum absolute atomic E-state index is 12.2. The highest BCUT2D eigenvalue weighted by Crippen LogP contribution is 2.09. The smallest absolute Gasteiger partial charge is 0.216 e. The molecule has 1 unspecified atom stereocenters. The van der Waals surface area contributed by atoms with Gasteiger partial charge in [-0.1, -0.05) is 12.1 Å². The van der Waals surface area contributed by atoms with E-state index in [9.17, 15) is 8.42 Å². The van der Waals surface area contributed by atoms with Gasteiger partial charge in [0.25, 0.3) is 0 Å². The molecule has 1 saturated heterocycles. The summed E-state index contributed by atoms with van der Waals surface area (Å²) >= 11 is 0. The number of nitrogens with one attached hydrogen (secondary N) is 1. The Kier molecular flexibility index (Phi) is 5.58.